The van der Waals surface area contributed by atoms with Gasteiger partial charge in [-0.1, -0.05) is 17.8 Å². The van der Waals surface area contributed by atoms with Crippen molar-refractivity contribution in [1.29, 1.82) is 0 Å². The van der Waals surface area contributed by atoms with E-state index in [1.54, 1.807) is 13.2 Å². The number of aromatic amines is 1. The number of H-pyrrole nitrogens is 1. The van der Waals surface area contributed by atoms with Crippen LogP contribution in [0.4, 0.5) is 0 Å². The van der Waals surface area contributed by atoms with E-state index in [0.29, 0.717) is 16.7 Å². The highest BCUT2D eigenvalue weighted by Gasteiger charge is 2.08. The van der Waals surface area contributed by atoms with Gasteiger partial charge in [-0.2, -0.15) is 4.98 Å². The molecule has 0 aliphatic carbocycles. The predicted molar refractivity (Wildman–Crippen MR) is 64.4 cm³/mol. The number of carbonyl (C=O) groups is 1. The molecule has 0 spiro atoms. The molecule has 2 aromatic rings. The van der Waals surface area contributed by atoms with Crippen LogP contribution in [0.1, 0.15) is 0 Å². The Morgan fingerprint density at radius 3 is 3.12 bits per heavy atom. The molecule has 88 valence electrons. The molecule has 7 heteroatoms. The average Bonchev–Trinajstić information content (AvgIpc) is 2.86. The number of nitrogens with zero attached hydrogens (tertiary/aromatic N) is 3. The number of thioether (sulfide) groups is 1. The third-order valence-electron chi connectivity index (χ3n) is 1.98. The number of pyridine rings is 1. The van der Waals surface area contributed by atoms with Gasteiger partial charge < -0.3 is 5.32 Å². The summed E-state index contributed by atoms with van der Waals surface area (Å²) in [5.41, 5.74) is 0.729. The van der Waals surface area contributed by atoms with Crippen LogP contribution in [-0.2, 0) is 4.79 Å². The Balaban J connectivity index is 2.04. The molecule has 17 heavy (non-hydrogen) atoms. The molecular weight excluding hydrogens is 238 g/mol. The van der Waals surface area contributed by atoms with Gasteiger partial charge in [0.25, 0.3) is 0 Å². The maximum atomic E-state index is 11.1. The van der Waals surface area contributed by atoms with E-state index in [4.69, 9.17) is 0 Å². The van der Waals surface area contributed by atoms with E-state index in [1.165, 1.54) is 11.8 Å². The van der Waals surface area contributed by atoms with Crippen LogP contribution in [-0.4, -0.2) is 38.9 Å². The Morgan fingerprint density at radius 2 is 2.41 bits per heavy atom. The van der Waals surface area contributed by atoms with Gasteiger partial charge in [-0.15, -0.1) is 5.10 Å². The maximum absolute atomic E-state index is 11.1. The van der Waals surface area contributed by atoms with Gasteiger partial charge in [0, 0.05) is 13.2 Å². The number of nitrogens with one attached hydrogen (secondary N) is 2. The van der Waals surface area contributed by atoms with Crippen molar-refractivity contribution in [3.05, 3.63) is 24.4 Å². The van der Waals surface area contributed by atoms with Crippen molar-refractivity contribution in [3.8, 4) is 11.5 Å². The Hall–Kier alpha value is -1.89. The number of carbonyl (C=O) groups excluding carboxylic acids is 1. The quantitative estimate of drug-likeness (QED) is 0.779. The molecular formula is C10H11N5OS. The SMILES string of the molecule is CNC(=O)CSc1n[nH]c(-c2ccccn2)n1. The van der Waals surface area contributed by atoms with E-state index in [9.17, 15) is 4.79 Å². The number of hydrogen-bond acceptors (Lipinski definition) is 5. The largest absolute Gasteiger partial charge is 0.358 e. The van der Waals surface area contributed by atoms with Gasteiger partial charge in [0.1, 0.15) is 5.69 Å². The van der Waals surface area contributed by atoms with E-state index in [-0.39, 0.29) is 5.91 Å². The molecule has 0 radical (unpaired) electrons. The number of rotatable bonds is 4. The molecule has 2 rings (SSSR count). The van der Waals surface area contributed by atoms with Crippen LogP contribution in [0, 0.1) is 0 Å². The van der Waals surface area contributed by atoms with Gasteiger partial charge in [-0.3, -0.25) is 14.9 Å². The number of hydrogen-bond donors (Lipinski definition) is 2. The lowest BCUT2D eigenvalue weighted by atomic mass is 10.3. The summed E-state index contributed by atoms with van der Waals surface area (Å²) in [5, 5.41) is 9.87. The molecule has 0 aliphatic rings. The Bertz CT molecular complexity index is 498. The lowest BCUT2D eigenvalue weighted by molar-refractivity contribution is -0.118. The van der Waals surface area contributed by atoms with Crippen LogP contribution in [0.5, 0.6) is 0 Å². The second kappa shape index (κ2) is 5.44. The average molecular weight is 249 g/mol. The Morgan fingerprint density at radius 1 is 1.53 bits per heavy atom. The fourth-order valence-electron chi connectivity index (χ4n) is 1.13. The summed E-state index contributed by atoms with van der Waals surface area (Å²) in [6.45, 7) is 0. The van der Waals surface area contributed by atoms with Crippen LogP contribution >= 0.6 is 11.8 Å². The molecule has 2 aromatic heterocycles. The summed E-state index contributed by atoms with van der Waals surface area (Å²) in [6, 6.07) is 5.55. The minimum Gasteiger partial charge on any atom is -0.358 e. The van der Waals surface area contributed by atoms with Crippen molar-refractivity contribution in [2.24, 2.45) is 0 Å². The molecule has 2 N–H and O–H groups in total. The van der Waals surface area contributed by atoms with Gasteiger partial charge in [0.2, 0.25) is 11.1 Å². The fourth-order valence-corrected chi connectivity index (χ4v) is 1.80. The first-order chi connectivity index (χ1) is 8.29. The molecule has 6 nitrogen and oxygen atoms in total. The smallest absolute Gasteiger partial charge is 0.230 e. The molecule has 0 aromatic carbocycles. The first-order valence-electron chi connectivity index (χ1n) is 4.97. The molecule has 2 heterocycles. The van der Waals surface area contributed by atoms with E-state index in [1.807, 2.05) is 18.2 Å². The summed E-state index contributed by atoms with van der Waals surface area (Å²) in [5.74, 6) is 0.847. The van der Waals surface area contributed by atoms with Gasteiger partial charge in [0.05, 0.1) is 5.75 Å². The standard InChI is InChI=1S/C10H11N5OS/c1-11-8(16)6-17-10-13-9(14-15-10)7-4-2-3-5-12-7/h2-5H,6H2,1H3,(H,11,16)(H,13,14,15). The lowest BCUT2D eigenvalue weighted by Crippen LogP contribution is -2.19. The van der Waals surface area contributed by atoms with E-state index < -0.39 is 0 Å². The van der Waals surface area contributed by atoms with Crippen molar-refractivity contribution in [2.45, 2.75) is 5.16 Å². The molecule has 0 saturated carbocycles. The molecule has 1 amide bonds. The molecule has 0 bridgehead atoms. The summed E-state index contributed by atoms with van der Waals surface area (Å²) >= 11 is 1.28. The van der Waals surface area contributed by atoms with E-state index in [2.05, 4.69) is 25.5 Å². The Labute approximate surface area is 102 Å². The van der Waals surface area contributed by atoms with Crippen molar-refractivity contribution in [1.82, 2.24) is 25.5 Å². The first-order valence-corrected chi connectivity index (χ1v) is 5.95. The molecule has 0 fully saturated rings. The molecule has 0 unspecified atom stereocenters. The zero-order valence-corrected chi connectivity index (χ0v) is 9.99. The summed E-state index contributed by atoms with van der Waals surface area (Å²) in [6.07, 6.45) is 1.69. The lowest BCUT2D eigenvalue weighted by Gasteiger charge is -1.94. The summed E-state index contributed by atoms with van der Waals surface area (Å²) < 4.78 is 0. The van der Waals surface area contributed by atoms with Gasteiger partial charge in [0.15, 0.2) is 5.82 Å². The van der Waals surface area contributed by atoms with Crippen molar-refractivity contribution in [2.75, 3.05) is 12.8 Å². The highest BCUT2D eigenvalue weighted by molar-refractivity contribution is 7.99. The highest BCUT2D eigenvalue weighted by Crippen LogP contribution is 2.16. The van der Waals surface area contributed by atoms with Gasteiger partial charge in [-0.25, -0.2) is 0 Å². The fraction of sp³-hybridized carbons (Fsp3) is 0.200. The van der Waals surface area contributed by atoms with Crippen LogP contribution in [0.3, 0.4) is 0 Å². The predicted octanol–water partition coefficient (Wildman–Crippen LogP) is 0.705. The summed E-state index contributed by atoms with van der Waals surface area (Å²) in [7, 11) is 1.60. The second-order valence-electron chi connectivity index (χ2n) is 3.14. The third-order valence-corrected chi connectivity index (χ3v) is 2.83. The van der Waals surface area contributed by atoms with Gasteiger partial charge in [-0.05, 0) is 12.1 Å². The monoisotopic (exact) mass is 249 g/mol. The zero-order valence-electron chi connectivity index (χ0n) is 9.17. The van der Waals surface area contributed by atoms with E-state index in [0.717, 1.165) is 5.69 Å². The highest BCUT2D eigenvalue weighted by atomic mass is 32.2. The van der Waals surface area contributed by atoms with Crippen molar-refractivity contribution in [3.63, 3.8) is 0 Å². The number of aromatic nitrogens is 4. The van der Waals surface area contributed by atoms with Crippen molar-refractivity contribution >= 4 is 17.7 Å². The van der Waals surface area contributed by atoms with Gasteiger partial charge >= 0.3 is 0 Å². The molecule has 0 saturated heterocycles. The zero-order chi connectivity index (χ0) is 12.1. The first kappa shape index (κ1) is 11.6. The minimum atomic E-state index is -0.0563. The summed E-state index contributed by atoms with van der Waals surface area (Å²) in [4.78, 5) is 19.4. The number of amides is 1. The third kappa shape index (κ3) is 3.04. The van der Waals surface area contributed by atoms with Crippen LogP contribution in [0.15, 0.2) is 29.6 Å². The van der Waals surface area contributed by atoms with Crippen LogP contribution in [0.2, 0.25) is 0 Å². The molecule has 0 atom stereocenters. The van der Waals surface area contributed by atoms with Crippen molar-refractivity contribution < 1.29 is 4.79 Å². The Kier molecular flexibility index (Phi) is 3.71. The topological polar surface area (TPSA) is 83.6 Å². The molecule has 0 aliphatic heterocycles. The van der Waals surface area contributed by atoms with Crippen LogP contribution in [0.25, 0.3) is 11.5 Å². The minimum absolute atomic E-state index is 0.0563. The van der Waals surface area contributed by atoms with Crippen LogP contribution < -0.4 is 5.32 Å². The normalized spacial score (nSPS) is 10.2. The maximum Gasteiger partial charge on any atom is 0.230 e. The second-order valence-corrected chi connectivity index (χ2v) is 4.09. The van der Waals surface area contributed by atoms with E-state index >= 15 is 0 Å².